The predicted molar refractivity (Wildman–Crippen MR) is 143 cm³/mol. The van der Waals surface area contributed by atoms with Gasteiger partial charge in [-0.1, -0.05) is 44.4 Å². The van der Waals surface area contributed by atoms with E-state index < -0.39 is 0 Å². The average Bonchev–Trinajstić information content (AvgIpc) is 3.60. The van der Waals surface area contributed by atoms with Crippen molar-refractivity contribution in [2.75, 3.05) is 32.0 Å². The molecule has 1 aliphatic carbocycles. The number of fused-ring (bicyclic) bond motifs is 2. The first-order valence-electron chi connectivity index (χ1n) is 13.3. The number of furan rings is 1. The molecule has 7 heteroatoms. The Morgan fingerprint density at radius 2 is 2.14 bits per heavy atom. The highest BCUT2D eigenvalue weighted by molar-refractivity contribution is 7.15. The molecule has 0 spiro atoms. The first kappa shape index (κ1) is 24.3. The van der Waals surface area contributed by atoms with Gasteiger partial charge in [0.1, 0.15) is 11.3 Å². The van der Waals surface area contributed by atoms with Gasteiger partial charge >= 0.3 is 0 Å². The molecule has 5 rings (SSSR count). The Kier molecular flexibility index (Phi) is 7.73. The van der Waals surface area contributed by atoms with Gasteiger partial charge in [0.2, 0.25) is 5.91 Å². The first-order valence-corrected chi connectivity index (χ1v) is 14.1. The van der Waals surface area contributed by atoms with E-state index in [1.165, 1.54) is 30.6 Å². The number of rotatable bonds is 10. The molecule has 0 radical (unpaired) electrons. The van der Waals surface area contributed by atoms with Crippen LogP contribution >= 0.6 is 11.3 Å². The van der Waals surface area contributed by atoms with E-state index in [2.05, 4.69) is 29.3 Å². The topological polar surface area (TPSA) is 61.6 Å². The van der Waals surface area contributed by atoms with Crippen LogP contribution in [0, 0.1) is 0 Å². The lowest BCUT2D eigenvalue weighted by Gasteiger charge is -2.30. The monoisotopic (exact) mass is 494 g/mol. The fourth-order valence-corrected chi connectivity index (χ4v) is 6.60. The van der Waals surface area contributed by atoms with E-state index in [0.717, 1.165) is 79.4 Å². The van der Waals surface area contributed by atoms with Gasteiger partial charge in [-0.15, -0.1) is 11.3 Å². The molecular formula is C28H38N4O2S. The van der Waals surface area contributed by atoms with Gasteiger partial charge in [0.15, 0.2) is 5.13 Å². The summed E-state index contributed by atoms with van der Waals surface area (Å²) in [4.78, 5) is 24.2. The maximum atomic E-state index is 13.6. The fourth-order valence-electron chi connectivity index (χ4n) is 5.51. The van der Waals surface area contributed by atoms with Crippen LogP contribution in [0.3, 0.4) is 0 Å². The standard InChI is InChI=1S/C28H38N4O2S/c1-3-4-5-8-15-29-28-30-26-23(11-9-13-25(26)35-28)27(33)31(2)21-14-16-32(18-21)19-22-17-20-10-6-7-12-24(20)34-22/h6-7,10,12,17,21,23H,3-5,8-9,11,13-16,18-19H2,1-2H3,(H,29,30). The van der Waals surface area contributed by atoms with Gasteiger partial charge in [-0.25, -0.2) is 4.98 Å². The normalized spacial score (nSPS) is 20.3. The third-order valence-corrected chi connectivity index (χ3v) is 8.65. The molecule has 2 unspecified atom stereocenters. The molecule has 1 aromatic carbocycles. The second kappa shape index (κ2) is 11.1. The Morgan fingerprint density at radius 1 is 1.26 bits per heavy atom. The smallest absolute Gasteiger partial charge is 0.231 e. The van der Waals surface area contributed by atoms with Gasteiger partial charge in [0.05, 0.1) is 18.2 Å². The van der Waals surface area contributed by atoms with Crippen LogP contribution in [0.15, 0.2) is 34.7 Å². The lowest BCUT2D eigenvalue weighted by Crippen LogP contribution is -2.42. The number of hydrogen-bond donors (Lipinski definition) is 1. The molecule has 0 bridgehead atoms. The minimum atomic E-state index is -0.0972. The highest BCUT2D eigenvalue weighted by atomic mass is 32.1. The van der Waals surface area contributed by atoms with Crippen molar-refractivity contribution in [2.45, 2.75) is 76.8 Å². The zero-order chi connectivity index (χ0) is 24.2. The number of hydrogen-bond acceptors (Lipinski definition) is 6. The summed E-state index contributed by atoms with van der Waals surface area (Å²) in [6.07, 6.45) is 9.00. The summed E-state index contributed by atoms with van der Waals surface area (Å²) in [6.45, 7) is 5.87. The molecule has 6 nitrogen and oxygen atoms in total. The number of nitrogens with zero attached hydrogens (tertiary/aromatic N) is 3. The Bertz CT molecular complexity index is 1110. The summed E-state index contributed by atoms with van der Waals surface area (Å²) in [5, 5.41) is 5.65. The first-order chi connectivity index (χ1) is 17.1. The second-order valence-electron chi connectivity index (χ2n) is 10.1. The largest absolute Gasteiger partial charge is 0.460 e. The molecule has 3 heterocycles. The molecule has 2 atom stereocenters. The maximum Gasteiger partial charge on any atom is 0.231 e. The lowest BCUT2D eigenvalue weighted by atomic mass is 9.89. The van der Waals surface area contributed by atoms with E-state index in [9.17, 15) is 4.79 Å². The van der Waals surface area contributed by atoms with Crippen LogP contribution in [-0.2, 0) is 17.8 Å². The fraction of sp³-hybridized carbons (Fsp3) is 0.571. The summed E-state index contributed by atoms with van der Waals surface area (Å²) >= 11 is 1.76. The van der Waals surface area contributed by atoms with Gasteiger partial charge in [0.25, 0.3) is 0 Å². The molecule has 188 valence electrons. The number of thiazole rings is 1. The number of para-hydroxylation sites is 1. The Balaban J connectivity index is 1.17. The SMILES string of the molecule is CCCCCCNc1nc2c(s1)CCCC2C(=O)N(C)C1CCN(Cc2cc3ccccc3o2)C1. The zero-order valence-corrected chi connectivity index (χ0v) is 21.9. The number of likely N-dealkylation sites (tertiary alicyclic amines) is 1. The van der Waals surface area contributed by atoms with Gasteiger partial charge < -0.3 is 14.6 Å². The van der Waals surface area contributed by atoms with Gasteiger partial charge in [-0.2, -0.15) is 0 Å². The van der Waals surface area contributed by atoms with Gasteiger partial charge in [-0.05, 0) is 44.2 Å². The molecule has 1 N–H and O–H groups in total. The minimum Gasteiger partial charge on any atom is -0.460 e. The van der Waals surface area contributed by atoms with E-state index in [-0.39, 0.29) is 17.9 Å². The van der Waals surface area contributed by atoms with Crippen molar-refractivity contribution in [1.82, 2.24) is 14.8 Å². The van der Waals surface area contributed by atoms with Crippen LogP contribution in [0.2, 0.25) is 0 Å². The quantitative estimate of drug-likeness (QED) is 0.349. The number of benzene rings is 1. The Morgan fingerprint density at radius 3 is 3.00 bits per heavy atom. The van der Waals surface area contributed by atoms with Crippen molar-refractivity contribution in [3.05, 3.63) is 46.7 Å². The number of unbranched alkanes of at least 4 members (excludes halogenated alkanes) is 3. The molecule has 35 heavy (non-hydrogen) atoms. The molecule has 3 aromatic rings. The van der Waals surface area contributed by atoms with Crippen molar-refractivity contribution in [3.63, 3.8) is 0 Å². The third-order valence-electron chi connectivity index (χ3n) is 7.56. The van der Waals surface area contributed by atoms with Crippen molar-refractivity contribution >= 4 is 33.3 Å². The minimum absolute atomic E-state index is 0.0972. The van der Waals surface area contributed by atoms with E-state index in [1.807, 2.05) is 30.1 Å². The number of carbonyl (C=O) groups excluding carboxylic acids is 1. The van der Waals surface area contributed by atoms with Gasteiger partial charge in [-0.3, -0.25) is 9.69 Å². The molecule has 1 fully saturated rings. The predicted octanol–water partition coefficient (Wildman–Crippen LogP) is 6.03. The highest BCUT2D eigenvalue weighted by Gasteiger charge is 2.36. The molecule has 1 amide bonds. The van der Waals surface area contributed by atoms with E-state index in [0.29, 0.717) is 0 Å². The van der Waals surface area contributed by atoms with Crippen LogP contribution < -0.4 is 5.32 Å². The van der Waals surface area contributed by atoms with Crippen LogP contribution in [0.4, 0.5) is 5.13 Å². The number of likely N-dealkylation sites (N-methyl/N-ethyl adjacent to an activating group) is 1. The molecular weight excluding hydrogens is 456 g/mol. The van der Waals surface area contributed by atoms with Crippen molar-refractivity contribution in [3.8, 4) is 0 Å². The number of amides is 1. The number of carbonyl (C=O) groups is 1. The van der Waals surface area contributed by atoms with Crippen molar-refractivity contribution in [2.24, 2.45) is 0 Å². The second-order valence-corrected chi connectivity index (χ2v) is 11.2. The van der Waals surface area contributed by atoms with Crippen LogP contribution in [-0.4, -0.2) is 53.4 Å². The lowest BCUT2D eigenvalue weighted by molar-refractivity contribution is -0.133. The summed E-state index contributed by atoms with van der Waals surface area (Å²) < 4.78 is 6.02. The number of anilines is 1. The van der Waals surface area contributed by atoms with Crippen LogP contribution in [0.25, 0.3) is 11.0 Å². The number of aromatic nitrogens is 1. The van der Waals surface area contributed by atoms with E-state index in [1.54, 1.807) is 11.3 Å². The summed E-state index contributed by atoms with van der Waals surface area (Å²) in [7, 11) is 1.99. The summed E-state index contributed by atoms with van der Waals surface area (Å²) in [5.41, 5.74) is 1.98. The maximum absolute atomic E-state index is 13.6. The third kappa shape index (κ3) is 5.56. The van der Waals surface area contributed by atoms with Crippen LogP contribution in [0.1, 0.15) is 74.1 Å². The van der Waals surface area contributed by atoms with Crippen molar-refractivity contribution < 1.29 is 9.21 Å². The molecule has 0 saturated carbocycles. The average molecular weight is 495 g/mol. The zero-order valence-electron chi connectivity index (χ0n) is 21.1. The van der Waals surface area contributed by atoms with E-state index >= 15 is 0 Å². The number of aryl methyl sites for hydroxylation is 1. The highest BCUT2D eigenvalue weighted by Crippen LogP contribution is 2.38. The molecule has 1 aliphatic heterocycles. The molecule has 2 aliphatic rings. The molecule has 1 saturated heterocycles. The van der Waals surface area contributed by atoms with E-state index in [4.69, 9.17) is 9.40 Å². The molecule has 2 aromatic heterocycles. The summed E-state index contributed by atoms with van der Waals surface area (Å²) in [6, 6.07) is 10.5. The summed E-state index contributed by atoms with van der Waals surface area (Å²) in [5.74, 6) is 1.14. The van der Waals surface area contributed by atoms with Crippen molar-refractivity contribution in [1.29, 1.82) is 0 Å². The van der Waals surface area contributed by atoms with Gasteiger partial charge in [0, 0.05) is 43.0 Å². The Labute approximate surface area is 212 Å². The van der Waals surface area contributed by atoms with Crippen LogP contribution in [0.5, 0.6) is 0 Å². The Hall–Kier alpha value is -2.38. The number of nitrogens with one attached hydrogen (secondary N) is 1.